The van der Waals surface area contributed by atoms with Gasteiger partial charge in [0.25, 0.3) is 0 Å². The number of rotatable bonds is 2. The maximum absolute atomic E-state index is 10.7. The van der Waals surface area contributed by atoms with E-state index in [4.69, 9.17) is 16.3 Å². The van der Waals surface area contributed by atoms with Crippen LogP contribution in [-0.2, 0) is 5.60 Å². The second kappa shape index (κ2) is 4.64. The van der Waals surface area contributed by atoms with Crippen molar-refractivity contribution >= 4 is 11.6 Å². The first-order chi connectivity index (χ1) is 7.68. The largest absolute Gasteiger partial charge is 0.496 e. The van der Waals surface area contributed by atoms with Crippen LogP contribution in [-0.4, -0.2) is 17.6 Å². The van der Waals surface area contributed by atoms with Crippen molar-refractivity contribution in [2.75, 3.05) is 7.11 Å². The number of aliphatic hydroxyl groups is 1. The summed E-state index contributed by atoms with van der Waals surface area (Å²) in [6.45, 7) is 0. The van der Waals surface area contributed by atoms with Crippen LogP contribution >= 0.6 is 11.6 Å². The minimum atomic E-state index is -0.938. The van der Waals surface area contributed by atoms with E-state index in [0.29, 0.717) is 6.42 Å². The maximum Gasteiger partial charge on any atom is 0.125 e. The van der Waals surface area contributed by atoms with E-state index < -0.39 is 5.60 Å². The number of hydrogen-bond donors (Lipinski definition) is 1. The second-order valence-corrected chi connectivity index (χ2v) is 4.86. The molecule has 0 bridgehead atoms. The topological polar surface area (TPSA) is 29.5 Å². The van der Waals surface area contributed by atoms with E-state index in [0.717, 1.165) is 30.6 Å². The van der Waals surface area contributed by atoms with E-state index in [1.54, 1.807) is 7.11 Å². The third kappa shape index (κ3) is 1.92. The van der Waals surface area contributed by atoms with Crippen molar-refractivity contribution in [3.05, 3.63) is 29.8 Å². The maximum atomic E-state index is 10.7. The Morgan fingerprint density at radius 1 is 1.38 bits per heavy atom. The molecule has 88 valence electrons. The van der Waals surface area contributed by atoms with Crippen LogP contribution < -0.4 is 4.74 Å². The van der Waals surface area contributed by atoms with Crippen molar-refractivity contribution in [1.29, 1.82) is 0 Å². The van der Waals surface area contributed by atoms with E-state index in [1.165, 1.54) is 0 Å². The quantitative estimate of drug-likeness (QED) is 0.806. The van der Waals surface area contributed by atoms with E-state index in [1.807, 2.05) is 24.3 Å². The standard InChI is InChI=1S/C13H17ClO2/c1-16-11-7-3-2-6-10(11)13(15)9-5-4-8-12(13)14/h2-3,6-7,12,15H,4-5,8-9H2,1H3/t12-,13+/m1/s1. The van der Waals surface area contributed by atoms with Crippen LogP contribution in [0.3, 0.4) is 0 Å². The molecule has 1 N–H and O–H groups in total. The van der Waals surface area contributed by atoms with Crippen molar-refractivity contribution in [1.82, 2.24) is 0 Å². The molecule has 3 heteroatoms. The smallest absolute Gasteiger partial charge is 0.125 e. The molecule has 2 nitrogen and oxygen atoms in total. The Morgan fingerprint density at radius 2 is 2.12 bits per heavy atom. The van der Waals surface area contributed by atoms with Gasteiger partial charge in [-0.3, -0.25) is 0 Å². The fraction of sp³-hybridized carbons (Fsp3) is 0.538. The van der Waals surface area contributed by atoms with Crippen LogP contribution in [0.4, 0.5) is 0 Å². The molecule has 0 heterocycles. The SMILES string of the molecule is COc1ccccc1[C@@]1(O)CCCC[C@H]1Cl. The normalized spacial score (nSPS) is 30.1. The minimum Gasteiger partial charge on any atom is -0.496 e. The molecule has 0 aromatic heterocycles. The van der Waals surface area contributed by atoms with Gasteiger partial charge in [-0.05, 0) is 18.9 Å². The van der Waals surface area contributed by atoms with Gasteiger partial charge in [-0.25, -0.2) is 0 Å². The summed E-state index contributed by atoms with van der Waals surface area (Å²) >= 11 is 6.28. The van der Waals surface area contributed by atoms with Crippen molar-refractivity contribution in [3.8, 4) is 5.75 Å². The number of para-hydroxylation sites is 1. The van der Waals surface area contributed by atoms with E-state index in [9.17, 15) is 5.11 Å². The zero-order chi connectivity index (χ0) is 11.6. The molecule has 0 radical (unpaired) electrons. The predicted molar refractivity (Wildman–Crippen MR) is 65.0 cm³/mol. The molecule has 0 amide bonds. The molecule has 16 heavy (non-hydrogen) atoms. The summed E-state index contributed by atoms with van der Waals surface area (Å²) in [7, 11) is 1.62. The fourth-order valence-corrected chi connectivity index (χ4v) is 2.80. The first kappa shape index (κ1) is 11.7. The summed E-state index contributed by atoms with van der Waals surface area (Å²) < 4.78 is 5.29. The lowest BCUT2D eigenvalue weighted by atomic mass is 9.79. The molecular weight excluding hydrogens is 224 g/mol. The average Bonchev–Trinajstić information content (AvgIpc) is 2.33. The first-order valence-corrected chi connectivity index (χ1v) is 6.12. The summed E-state index contributed by atoms with van der Waals surface area (Å²) in [4.78, 5) is 0. The minimum absolute atomic E-state index is 0.224. The number of halogens is 1. The van der Waals surface area contributed by atoms with Gasteiger partial charge in [-0.1, -0.05) is 31.0 Å². The molecule has 1 aromatic carbocycles. The molecule has 0 unspecified atom stereocenters. The predicted octanol–water partition coefficient (Wildman–Crippen LogP) is 3.06. The van der Waals surface area contributed by atoms with E-state index >= 15 is 0 Å². The summed E-state index contributed by atoms with van der Waals surface area (Å²) in [6, 6.07) is 7.58. The van der Waals surface area contributed by atoms with Crippen molar-refractivity contribution < 1.29 is 9.84 Å². The van der Waals surface area contributed by atoms with Crippen LogP contribution in [0.25, 0.3) is 0 Å². The van der Waals surface area contributed by atoms with Gasteiger partial charge in [0, 0.05) is 5.56 Å². The summed E-state index contributed by atoms with van der Waals surface area (Å²) in [5.41, 5.74) is -0.121. The fourth-order valence-electron chi connectivity index (χ4n) is 2.42. The van der Waals surface area contributed by atoms with Gasteiger partial charge in [-0.15, -0.1) is 11.6 Å². The van der Waals surface area contributed by atoms with Gasteiger partial charge in [0.05, 0.1) is 12.5 Å². The van der Waals surface area contributed by atoms with Crippen molar-refractivity contribution in [2.45, 2.75) is 36.7 Å². The molecule has 1 aromatic rings. The van der Waals surface area contributed by atoms with Gasteiger partial charge >= 0.3 is 0 Å². The van der Waals surface area contributed by atoms with Gasteiger partial charge < -0.3 is 9.84 Å². The monoisotopic (exact) mass is 240 g/mol. The lowest BCUT2D eigenvalue weighted by molar-refractivity contribution is 0.00183. The lowest BCUT2D eigenvalue weighted by Crippen LogP contribution is -2.39. The van der Waals surface area contributed by atoms with Crippen LogP contribution in [0.5, 0.6) is 5.75 Å². The highest BCUT2D eigenvalue weighted by Crippen LogP contribution is 2.43. The molecular formula is C13H17ClO2. The van der Waals surface area contributed by atoms with Gasteiger partial charge in [0.1, 0.15) is 11.4 Å². The van der Waals surface area contributed by atoms with Gasteiger partial charge in [0.15, 0.2) is 0 Å². The van der Waals surface area contributed by atoms with E-state index in [2.05, 4.69) is 0 Å². The summed E-state index contributed by atoms with van der Waals surface area (Å²) in [5.74, 6) is 0.720. The third-order valence-corrected chi connectivity index (χ3v) is 3.94. The molecule has 0 spiro atoms. The summed E-state index contributed by atoms with van der Waals surface area (Å²) in [6.07, 6.45) is 3.67. The molecule has 2 rings (SSSR count). The number of ether oxygens (including phenoxy) is 1. The van der Waals surface area contributed by atoms with Gasteiger partial charge in [-0.2, -0.15) is 0 Å². The highest BCUT2D eigenvalue weighted by Gasteiger charge is 2.41. The Morgan fingerprint density at radius 3 is 2.81 bits per heavy atom. The Balaban J connectivity index is 2.40. The number of benzene rings is 1. The second-order valence-electron chi connectivity index (χ2n) is 4.34. The number of methoxy groups -OCH3 is 1. The zero-order valence-corrected chi connectivity index (χ0v) is 10.2. The lowest BCUT2D eigenvalue weighted by Gasteiger charge is -2.37. The van der Waals surface area contributed by atoms with Crippen molar-refractivity contribution in [3.63, 3.8) is 0 Å². The Hall–Kier alpha value is -0.730. The highest BCUT2D eigenvalue weighted by molar-refractivity contribution is 6.21. The first-order valence-electron chi connectivity index (χ1n) is 5.68. The summed E-state index contributed by atoms with van der Waals surface area (Å²) in [5, 5.41) is 10.5. The Bertz CT molecular complexity index is 367. The molecule has 1 aliphatic carbocycles. The molecule has 1 aliphatic rings. The number of hydrogen-bond acceptors (Lipinski definition) is 2. The average molecular weight is 241 g/mol. The molecule has 1 fully saturated rings. The molecule has 0 aliphatic heterocycles. The third-order valence-electron chi connectivity index (χ3n) is 3.36. The molecule has 2 atom stereocenters. The van der Waals surface area contributed by atoms with Crippen LogP contribution in [0.15, 0.2) is 24.3 Å². The Labute approximate surface area is 101 Å². The van der Waals surface area contributed by atoms with Crippen LogP contribution in [0, 0.1) is 0 Å². The molecule has 0 saturated heterocycles. The van der Waals surface area contributed by atoms with Crippen LogP contribution in [0.1, 0.15) is 31.2 Å². The van der Waals surface area contributed by atoms with Crippen molar-refractivity contribution in [2.24, 2.45) is 0 Å². The van der Waals surface area contributed by atoms with Gasteiger partial charge in [0.2, 0.25) is 0 Å². The van der Waals surface area contributed by atoms with Crippen LogP contribution in [0.2, 0.25) is 0 Å². The number of alkyl halides is 1. The van der Waals surface area contributed by atoms with E-state index in [-0.39, 0.29) is 5.38 Å². The molecule has 1 saturated carbocycles. The zero-order valence-electron chi connectivity index (χ0n) is 9.45. The highest BCUT2D eigenvalue weighted by atomic mass is 35.5. The Kier molecular flexibility index (Phi) is 3.41.